The lowest BCUT2D eigenvalue weighted by Gasteiger charge is -2.27. The molecule has 0 radical (unpaired) electrons. The van der Waals surface area contributed by atoms with Crippen LogP contribution in [0.15, 0.2) is 47.4 Å². The van der Waals surface area contributed by atoms with Gasteiger partial charge in [-0.3, -0.25) is 14.4 Å². The molecule has 0 bridgehead atoms. The molecule has 9 nitrogen and oxygen atoms in total. The maximum atomic E-state index is 14.9. The molecule has 0 unspecified atom stereocenters. The van der Waals surface area contributed by atoms with Crippen LogP contribution in [-0.2, 0) is 19.6 Å². The Morgan fingerprint density at radius 2 is 1.77 bits per heavy atom. The zero-order valence-corrected chi connectivity index (χ0v) is 23.4. The number of rotatable bonds is 11. The molecule has 0 saturated heterocycles. The van der Waals surface area contributed by atoms with Crippen molar-refractivity contribution in [3.63, 3.8) is 0 Å². The molecule has 3 amide bonds. The molecule has 0 spiro atoms. The molecule has 0 aromatic heterocycles. The predicted molar refractivity (Wildman–Crippen MR) is 148 cm³/mol. The molecule has 2 aromatic carbocycles. The van der Waals surface area contributed by atoms with Gasteiger partial charge in [0.15, 0.2) is 0 Å². The van der Waals surface area contributed by atoms with E-state index >= 15 is 0 Å². The van der Waals surface area contributed by atoms with Gasteiger partial charge < -0.3 is 15.7 Å². The molecule has 12 heteroatoms. The van der Waals surface area contributed by atoms with Crippen molar-refractivity contribution in [3.8, 4) is 11.1 Å². The third-order valence-electron chi connectivity index (χ3n) is 6.66. The fourth-order valence-electron chi connectivity index (χ4n) is 4.46. The van der Waals surface area contributed by atoms with Gasteiger partial charge in [0.1, 0.15) is 11.9 Å². The zero-order valence-electron chi connectivity index (χ0n) is 21.7. The van der Waals surface area contributed by atoms with E-state index in [4.69, 9.17) is 0 Å². The van der Waals surface area contributed by atoms with Crippen molar-refractivity contribution in [2.24, 2.45) is 5.92 Å². The second kappa shape index (κ2) is 13.9. The van der Waals surface area contributed by atoms with Crippen molar-refractivity contribution in [3.05, 3.63) is 53.8 Å². The summed E-state index contributed by atoms with van der Waals surface area (Å²) in [4.78, 5) is 36.1. The lowest BCUT2D eigenvalue weighted by molar-refractivity contribution is -0.126. The minimum atomic E-state index is -4.36. The first-order valence-corrected chi connectivity index (χ1v) is 14.9. The number of sulfonamides is 1. The van der Waals surface area contributed by atoms with Gasteiger partial charge in [0, 0.05) is 30.3 Å². The largest absolute Gasteiger partial charge is 0.384 e. The Kier molecular flexibility index (Phi) is 10.9. The maximum Gasteiger partial charge on any atom is 0.264 e. The Labute approximate surface area is 233 Å². The lowest BCUT2D eigenvalue weighted by Crippen LogP contribution is -2.37. The molecule has 1 saturated carbocycles. The first-order chi connectivity index (χ1) is 18.5. The topological polar surface area (TPSA) is 142 Å². The van der Waals surface area contributed by atoms with Crippen LogP contribution in [0.2, 0.25) is 0 Å². The van der Waals surface area contributed by atoms with Gasteiger partial charge in [0.05, 0.1) is 10.5 Å². The highest BCUT2D eigenvalue weighted by Crippen LogP contribution is 2.29. The molecule has 3 rings (SSSR count). The number of carbonyl (C=O) groups is 3. The summed E-state index contributed by atoms with van der Waals surface area (Å²) in [6.45, 7) is 1.59. The summed E-state index contributed by atoms with van der Waals surface area (Å²) in [5, 5.41) is 14.8. The maximum absolute atomic E-state index is 14.9. The van der Waals surface area contributed by atoms with Crippen LogP contribution < -0.4 is 15.4 Å². The number of thiol groups is 1. The van der Waals surface area contributed by atoms with E-state index in [0.717, 1.165) is 25.8 Å². The van der Waals surface area contributed by atoms with E-state index in [9.17, 15) is 32.3 Å². The fourth-order valence-corrected chi connectivity index (χ4v) is 6.12. The standard InChI is InChI=1S/C27H34FN3O6S2/c1-17(32)26(34)31-39(36,37)24-10-6-5-9-20(24)19-11-12-21(22(28)15-19)27(35)29-14-13-25(33)30-16-23(38)18-7-3-2-4-8-18/h5-6,9-12,15,17-18,23,32,38H,2-4,7-8,13-14,16H2,1H3,(H,29,35)(H,30,33)(H,31,34)/t17-,23-/m0/s1. The highest BCUT2D eigenvalue weighted by Gasteiger charge is 2.25. The molecule has 0 heterocycles. The molecule has 1 aliphatic carbocycles. The van der Waals surface area contributed by atoms with Crippen molar-refractivity contribution >= 4 is 40.4 Å². The number of carbonyl (C=O) groups excluding carboxylic acids is 3. The zero-order chi connectivity index (χ0) is 28.6. The summed E-state index contributed by atoms with van der Waals surface area (Å²) in [7, 11) is -4.36. The second-order valence-electron chi connectivity index (χ2n) is 9.61. The number of benzene rings is 2. The number of aliphatic hydroxyl groups excluding tert-OH is 1. The van der Waals surface area contributed by atoms with Crippen molar-refractivity contribution in [2.45, 2.75) is 61.7 Å². The van der Waals surface area contributed by atoms with Crippen LogP contribution in [0.5, 0.6) is 0 Å². The van der Waals surface area contributed by atoms with Crippen molar-refractivity contribution in [2.75, 3.05) is 13.1 Å². The quantitative estimate of drug-likeness (QED) is 0.259. The van der Waals surface area contributed by atoms with E-state index in [-0.39, 0.29) is 45.7 Å². The Morgan fingerprint density at radius 3 is 2.44 bits per heavy atom. The minimum absolute atomic E-state index is 0.0105. The van der Waals surface area contributed by atoms with Crippen molar-refractivity contribution in [1.82, 2.24) is 15.4 Å². The highest BCUT2D eigenvalue weighted by molar-refractivity contribution is 7.90. The van der Waals surface area contributed by atoms with Gasteiger partial charge in [-0.15, -0.1) is 0 Å². The van der Waals surface area contributed by atoms with Gasteiger partial charge in [-0.05, 0) is 49.4 Å². The number of hydrogen-bond donors (Lipinski definition) is 5. The van der Waals surface area contributed by atoms with Crippen LogP contribution in [0.25, 0.3) is 11.1 Å². The second-order valence-corrected chi connectivity index (χ2v) is 11.9. The average Bonchev–Trinajstić information content (AvgIpc) is 2.91. The van der Waals surface area contributed by atoms with E-state index in [1.54, 1.807) is 10.8 Å². The van der Waals surface area contributed by atoms with Crippen molar-refractivity contribution < 1.29 is 32.3 Å². The van der Waals surface area contributed by atoms with E-state index < -0.39 is 33.8 Å². The minimum Gasteiger partial charge on any atom is -0.384 e. The normalized spacial score (nSPS) is 15.7. The van der Waals surface area contributed by atoms with Crippen LogP contribution >= 0.6 is 12.6 Å². The van der Waals surface area contributed by atoms with E-state index in [0.29, 0.717) is 12.5 Å². The fraction of sp³-hybridized carbons (Fsp3) is 0.444. The van der Waals surface area contributed by atoms with Gasteiger partial charge in [-0.1, -0.05) is 43.5 Å². The number of halogens is 1. The molecular formula is C27H34FN3O6S2. The Morgan fingerprint density at radius 1 is 1.08 bits per heavy atom. The van der Waals surface area contributed by atoms with Crippen LogP contribution in [0.3, 0.4) is 0 Å². The SMILES string of the molecule is C[C@H](O)C(=O)NS(=O)(=O)c1ccccc1-c1ccc(C(=O)NCCC(=O)NC[C@H](S)C2CCCCC2)c(F)c1. The van der Waals surface area contributed by atoms with Crippen LogP contribution in [0.1, 0.15) is 55.8 Å². The molecule has 212 valence electrons. The predicted octanol–water partition coefficient (Wildman–Crippen LogP) is 2.79. The lowest BCUT2D eigenvalue weighted by atomic mass is 9.86. The van der Waals surface area contributed by atoms with Crippen LogP contribution in [0.4, 0.5) is 4.39 Å². The Hall–Kier alpha value is -2.96. The number of nitrogens with one attached hydrogen (secondary N) is 3. The Balaban J connectivity index is 1.59. The summed E-state index contributed by atoms with van der Waals surface area (Å²) in [6.07, 6.45) is 4.33. The summed E-state index contributed by atoms with van der Waals surface area (Å²) < 4.78 is 42.1. The molecule has 4 N–H and O–H groups in total. The molecule has 39 heavy (non-hydrogen) atoms. The van der Waals surface area contributed by atoms with E-state index in [1.807, 2.05) is 0 Å². The summed E-state index contributed by atoms with van der Waals surface area (Å²) in [5.41, 5.74) is -0.00978. The summed E-state index contributed by atoms with van der Waals surface area (Å²) >= 11 is 4.62. The third-order valence-corrected chi connectivity index (χ3v) is 8.66. The van der Waals surface area contributed by atoms with E-state index in [2.05, 4.69) is 23.3 Å². The molecule has 2 aromatic rings. The molecule has 2 atom stereocenters. The third kappa shape index (κ3) is 8.51. The first kappa shape index (κ1) is 30.6. The van der Waals surface area contributed by atoms with Gasteiger partial charge in [-0.25, -0.2) is 17.5 Å². The van der Waals surface area contributed by atoms with Gasteiger partial charge >= 0.3 is 0 Å². The average molecular weight is 580 g/mol. The van der Waals surface area contributed by atoms with Crippen LogP contribution in [0, 0.1) is 11.7 Å². The smallest absolute Gasteiger partial charge is 0.264 e. The van der Waals surface area contributed by atoms with E-state index in [1.165, 1.54) is 49.6 Å². The Bertz CT molecular complexity index is 1300. The molecular weight excluding hydrogens is 545 g/mol. The monoisotopic (exact) mass is 579 g/mol. The van der Waals surface area contributed by atoms with Crippen molar-refractivity contribution in [1.29, 1.82) is 0 Å². The number of aliphatic hydroxyl groups is 1. The number of amides is 3. The summed E-state index contributed by atoms with van der Waals surface area (Å²) in [6, 6.07) is 9.26. The highest BCUT2D eigenvalue weighted by atomic mass is 32.2. The van der Waals surface area contributed by atoms with Gasteiger partial charge in [-0.2, -0.15) is 12.6 Å². The molecule has 1 fully saturated rings. The van der Waals surface area contributed by atoms with Crippen LogP contribution in [-0.4, -0.2) is 55.7 Å². The number of hydrogen-bond acceptors (Lipinski definition) is 7. The first-order valence-electron chi connectivity index (χ1n) is 12.9. The molecule has 1 aliphatic rings. The van der Waals surface area contributed by atoms with Gasteiger partial charge in [0.25, 0.3) is 21.8 Å². The molecule has 0 aliphatic heterocycles. The summed E-state index contributed by atoms with van der Waals surface area (Å²) in [5.74, 6) is -2.46. The van der Waals surface area contributed by atoms with Gasteiger partial charge in [0.2, 0.25) is 5.91 Å².